The van der Waals surface area contributed by atoms with E-state index in [9.17, 15) is 4.79 Å². The number of carbonyl (C=O) groups excluding carboxylic acids is 1. The summed E-state index contributed by atoms with van der Waals surface area (Å²) in [7, 11) is 0. The van der Waals surface area contributed by atoms with Crippen LogP contribution in [0.2, 0.25) is 0 Å². The summed E-state index contributed by atoms with van der Waals surface area (Å²) in [5, 5.41) is 6.31. The molecule has 1 unspecified atom stereocenters. The van der Waals surface area contributed by atoms with Crippen molar-refractivity contribution in [1.82, 2.24) is 20.2 Å². The van der Waals surface area contributed by atoms with Crippen molar-refractivity contribution in [3.63, 3.8) is 0 Å². The van der Waals surface area contributed by atoms with Gasteiger partial charge in [-0.25, -0.2) is 4.98 Å². The highest BCUT2D eigenvalue weighted by molar-refractivity contribution is 5.76. The van der Waals surface area contributed by atoms with Crippen LogP contribution in [0.4, 0.5) is 0 Å². The normalized spacial score (nSPS) is 13.0. The molecular weight excluding hydrogens is 240 g/mol. The van der Waals surface area contributed by atoms with E-state index in [0.717, 1.165) is 5.82 Å². The Balaban J connectivity index is 2.52. The molecule has 1 aromatic heterocycles. The molecule has 0 aliphatic carbocycles. The highest BCUT2D eigenvalue weighted by atomic mass is 16.2. The summed E-state index contributed by atoms with van der Waals surface area (Å²) in [4.78, 5) is 16.2. The van der Waals surface area contributed by atoms with Gasteiger partial charge < -0.3 is 15.2 Å². The molecule has 108 valence electrons. The van der Waals surface area contributed by atoms with Crippen LogP contribution in [0.3, 0.4) is 0 Å². The number of hydrogen-bond acceptors (Lipinski definition) is 3. The lowest BCUT2D eigenvalue weighted by molar-refractivity contribution is -0.122. The molecule has 19 heavy (non-hydrogen) atoms. The first kappa shape index (κ1) is 15.7. The van der Waals surface area contributed by atoms with Gasteiger partial charge in [-0.1, -0.05) is 27.7 Å². The van der Waals surface area contributed by atoms with Crippen LogP contribution >= 0.6 is 0 Å². The highest BCUT2D eigenvalue weighted by Crippen LogP contribution is 2.02. The molecule has 0 bridgehead atoms. The van der Waals surface area contributed by atoms with E-state index in [2.05, 4.69) is 43.3 Å². The average Bonchev–Trinajstić information content (AvgIpc) is 2.73. The van der Waals surface area contributed by atoms with Crippen LogP contribution in [0.1, 0.15) is 40.4 Å². The van der Waals surface area contributed by atoms with Crippen LogP contribution in [0, 0.1) is 5.92 Å². The molecule has 0 fully saturated rings. The van der Waals surface area contributed by atoms with Gasteiger partial charge in [-0.15, -0.1) is 0 Å². The minimum Gasteiger partial charge on any atom is -0.352 e. The second-order valence-electron chi connectivity index (χ2n) is 5.61. The molecule has 0 saturated heterocycles. The number of nitrogens with zero attached hydrogens (tertiary/aromatic N) is 2. The summed E-state index contributed by atoms with van der Waals surface area (Å²) >= 11 is 0. The molecule has 0 aromatic carbocycles. The van der Waals surface area contributed by atoms with Crippen LogP contribution < -0.4 is 10.6 Å². The standard InChI is InChI=1S/C14H26N4O/c1-10(2)12(5)17-14(19)9-18-7-6-15-13(18)8-16-11(3)4/h6-7,10-12,16H,8-9H2,1-5H3,(H,17,19). The van der Waals surface area contributed by atoms with E-state index < -0.39 is 0 Å². The maximum Gasteiger partial charge on any atom is 0.240 e. The number of rotatable bonds is 7. The maximum atomic E-state index is 11.9. The van der Waals surface area contributed by atoms with E-state index in [4.69, 9.17) is 0 Å². The first-order valence-corrected chi connectivity index (χ1v) is 6.93. The molecule has 0 spiro atoms. The molecule has 5 nitrogen and oxygen atoms in total. The van der Waals surface area contributed by atoms with Gasteiger partial charge in [-0.05, 0) is 12.8 Å². The Labute approximate surface area is 115 Å². The summed E-state index contributed by atoms with van der Waals surface area (Å²) in [6.45, 7) is 11.4. The van der Waals surface area contributed by atoms with E-state index in [1.54, 1.807) is 6.20 Å². The number of aromatic nitrogens is 2. The fraction of sp³-hybridized carbons (Fsp3) is 0.714. The Morgan fingerprint density at radius 3 is 2.58 bits per heavy atom. The van der Waals surface area contributed by atoms with Gasteiger partial charge in [0.25, 0.3) is 0 Å². The molecular formula is C14H26N4O. The Morgan fingerprint density at radius 1 is 1.32 bits per heavy atom. The van der Waals surface area contributed by atoms with Crippen LogP contribution in [-0.2, 0) is 17.9 Å². The predicted octanol–water partition coefficient (Wildman–Crippen LogP) is 1.54. The van der Waals surface area contributed by atoms with Crippen molar-refractivity contribution in [2.45, 2.75) is 59.8 Å². The fourth-order valence-corrected chi connectivity index (χ4v) is 1.57. The van der Waals surface area contributed by atoms with Crippen molar-refractivity contribution in [2.24, 2.45) is 5.92 Å². The third kappa shape index (κ3) is 5.42. The Kier molecular flexibility index (Phi) is 6.02. The van der Waals surface area contributed by atoms with E-state index in [-0.39, 0.29) is 11.9 Å². The monoisotopic (exact) mass is 266 g/mol. The Morgan fingerprint density at radius 2 is 2.00 bits per heavy atom. The minimum atomic E-state index is 0.0324. The first-order chi connectivity index (χ1) is 8.90. The average molecular weight is 266 g/mol. The van der Waals surface area contributed by atoms with Gasteiger partial charge in [-0.3, -0.25) is 4.79 Å². The number of imidazole rings is 1. The second-order valence-corrected chi connectivity index (χ2v) is 5.61. The lowest BCUT2D eigenvalue weighted by Gasteiger charge is -2.18. The third-order valence-corrected chi connectivity index (χ3v) is 3.17. The number of amides is 1. The molecule has 1 amide bonds. The number of carbonyl (C=O) groups is 1. The maximum absolute atomic E-state index is 11.9. The number of hydrogen-bond donors (Lipinski definition) is 2. The Hall–Kier alpha value is -1.36. The van der Waals surface area contributed by atoms with Gasteiger partial charge in [0.1, 0.15) is 12.4 Å². The second kappa shape index (κ2) is 7.28. The predicted molar refractivity (Wildman–Crippen MR) is 76.6 cm³/mol. The summed E-state index contributed by atoms with van der Waals surface area (Å²) in [6, 6.07) is 0.591. The van der Waals surface area contributed by atoms with E-state index >= 15 is 0 Å². The lowest BCUT2D eigenvalue weighted by Crippen LogP contribution is -2.38. The zero-order chi connectivity index (χ0) is 14.4. The molecule has 1 aromatic rings. The fourth-order valence-electron chi connectivity index (χ4n) is 1.57. The van der Waals surface area contributed by atoms with Crippen LogP contribution in [-0.4, -0.2) is 27.5 Å². The zero-order valence-corrected chi connectivity index (χ0v) is 12.6. The molecule has 5 heteroatoms. The first-order valence-electron chi connectivity index (χ1n) is 6.93. The quantitative estimate of drug-likeness (QED) is 0.787. The minimum absolute atomic E-state index is 0.0324. The van der Waals surface area contributed by atoms with Gasteiger partial charge >= 0.3 is 0 Å². The van der Waals surface area contributed by atoms with Crippen LogP contribution in [0.5, 0.6) is 0 Å². The summed E-state index contributed by atoms with van der Waals surface area (Å²) in [6.07, 6.45) is 3.58. The molecule has 0 radical (unpaired) electrons. The van der Waals surface area contributed by atoms with Gasteiger partial charge in [0, 0.05) is 24.5 Å². The van der Waals surface area contributed by atoms with Crippen molar-refractivity contribution in [3.8, 4) is 0 Å². The lowest BCUT2D eigenvalue weighted by atomic mass is 10.1. The Bertz CT molecular complexity index is 398. The van der Waals surface area contributed by atoms with Crippen molar-refractivity contribution < 1.29 is 4.79 Å². The zero-order valence-electron chi connectivity index (χ0n) is 12.6. The SMILES string of the molecule is CC(C)NCc1nccn1CC(=O)NC(C)C(C)C. The topological polar surface area (TPSA) is 59.0 Å². The van der Waals surface area contributed by atoms with E-state index in [1.807, 2.05) is 17.7 Å². The van der Waals surface area contributed by atoms with Crippen molar-refractivity contribution in [2.75, 3.05) is 0 Å². The highest BCUT2D eigenvalue weighted by Gasteiger charge is 2.12. The van der Waals surface area contributed by atoms with Gasteiger partial charge in [0.2, 0.25) is 5.91 Å². The summed E-state index contributed by atoms with van der Waals surface area (Å²) < 4.78 is 1.89. The van der Waals surface area contributed by atoms with Gasteiger partial charge in [0.05, 0.1) is 6.54 Å². The van der Waals surface area contributed by atoms with Gasteiger partial charge in [-0.2, -0.15) is 0 Å². The van der Waals surface area contributed by atoms with Crippen molar-refractivity contribution in [3.05, 3.63) is 18.2 Å². The molecule has 1 rings (SSSR count). The van der Waals surface area contributed by atoms with Crippen LogP contribution in [0.15, 0.2) is 12.4 Å². The summed E-state index contributed by atoms with van der Waals surface area (Å²) in [5.41, 5.74) is 0. The van der Waals surface area contributed by atoms with Crippen LogP contribution in [0.25, 0.3) is 0 Å². The number of nitrogens with one attached hydrogen (secondary N) is 2. The van der Waals surface area contributed by atoms with E-state index in [1.165, 1.54) is 0 Å². The smallest absolute Gasteiger partial charge is 0.240 e. The molecule has 0 saturated carbocycles. The molecule has 2 N–H and O–H groups in total. The van der Waals surface area contributed by atoms with Gasteiger partial charge in [0.15, 0.2) is 0 Å². The summed E-state index contributed by atoms with van der Waals surface area (Å²) in [5.74, 6) is 1.36. The van der Waals surface area contributed by atoms with Crippen molar-refractivity contribution in [1.29, 1.82) is 0 Å². The third-order valence-electron chi connectivity index (χ3n) is 3.17. The molecule has 1 atom stereocenters. The van der Waals surface area contributed by atoms with E-state index in [0.29, 0.717) is 25.0 Å². The molecule has 1 heterocycles. The largest absolute Gasteiger partial charge is 0.352 e. The molecule has 0 aliphatic heterocycles. The van der Waals surface area contributed by atoms with Crippen molar-refractivity contribution >= 4 is 5.91 Å². The molecule has 0 aliphatic rings.